The zero-order chi connectivity index (χ0) is 20.3. The predicted octanol–water partition coefficient (Wildman–Crippen LogP) is 4.02. The maximum Gasteiger partial charge on any atom is 0.308 e. The Labute approximate surface area is 174 Å². The van der Waals surface area contributed by atoms with Crippen LogP contribution in [0.3, 0.4) is 0 Å². The van der Waals surface area contributed by atoms with Crippen molar-refractivity contribution < 1.29 is 14.3 Å². The maximum absolute atomic E-state index is 12.6. The zero-order valence-corrected chi connectivity index (χ0v) is 17.6. The van der Waals surface area contributed by atoms with Crippen LogP contribution in [0.4, 0.5) is 5.69 Å². The number of carbonyl (C=O) groups is 2. The summed E-state index contributed by atoms with van der Waals surface area (Å²) in [5.74, 6) is -0.113. The summed E-state index contributed by atoms with van der Waals surface area (Å²) < 4.78 is 4.82. The van der Waals surface area contributed by atoms with Gasteiger partial charge in [-0.15, -0.1) is 0 Å². The number of rotatable bonds is 6. The fourth-order valence-corrected chi connectivity index (χ4v) is 5.44. The minimum atomic E-state index is -0.141. The quantitative estimate of drug-likeness (QED) is 0.735. The highest BCUT2D eigenvalue weighted by atomic mass is 16.5. The number of hydrogen-bond acceptors (Lipinski definition) is 4. The second-order valence-electron chi connectivity index (χ2n) is 9.35. The molecule has 0 atom stereocenters. The number of piperidine rings is 3. The van der Waals surface area contributed by atoms with E-state index in [2.05, 4.69) is 22.3 Å². The van der Waals surface area contributed by atoms with Gasteiger partial charge in [0.05, 0.1) is 13.0 Å². The molecule has 1 N–H and O–H groups in total. The van der Waals surface area contributed by atoms with E-state index in [9.17, 15) is 9.59 Å². The van der Waals surface area contributed by atoms with Crippen molar-refractivity contribution in [2.75, 3.05) is 32.1 Å². The molecule has 4 aliphatic rings. The van der Waals surface area contributed by atoms with Crippen molar-refractivity contribution in [1.29, 1.82) is 0 Å². The molecule has 5 heteroatoms. The van der Waals surface area contributed by atoms with Gasteiger partial charge in [0.2, 0.25) is 5.91 Å². The Morgan fingerprint density at radius 1 is 1.00 bits per heavy atom. The number of fused-ring (bicyclic) bond motifs is 3. The summed E-state index contributed by atoms with van der Waals surface area (Å²) >= 11 is 0. The maximum atomic E-state index is 12.6. The van der Waals surface area contributed by atoms with Crippen LogP contribution in [-0.2, 0) is 20.7 Å². The fraction of sp³-hybridized carbons (Fsp3) is 0.667. The van der Waals surface area contributed by atoms with Crippen LogP contribution in [0.2, 0.25) is 0 Å². The van der Waals surface area contributed by atoms with Crippen molar-refractivity contribution >= 4 is 17.6 Å². The smallest absolute Gasteiger partial charge is 0.308 e. The van der Waals surface area contributed by atoms with Crippen molar-refractivity contribution in [2.24, 2.45) is 17.3 Å². The molecule has 158 valence electrons. The molecule has 3 aliphatic heterocycles. The Balaban J connectivity index is 1.24. The topological polar surface area (TPSA) is 58.6 Å². The lowest BCUT2D eigenvalue weighted by Crippen LogP contribution is -2.48. The number of anilines is 1. The Hall–Kier alpha value is -1.88. The predicted molar refractivity (Wildman–Crippen MR) is 114 cm³/mol. The monoisotopic (exact) mass is 398 g/mol. The van der Waals surface area contributed by atoms with Crippen molar-refractivity contribution in [3.8, 4) is 0 Å². The SMILES string of the molecule is COC(=O)C1CCC(C(=O)Nc2ccc(CCC34CCN(CC3)CC4)cc2)CC1. The lowest BCUT2D eigenvalue weighted by Gasteiger charge is -2.48. The molecule has 1 aliphatic carbocycles. The molecule has 0 radical (unpaired) electrons. The highest BCUT2D eigenvalue weighted by Crippen LogP contribution is 2.43. The first-order valence-electron chi connectivity index (χ1n) is 11.3. The van der Waals surface area contributed by atoms with E-state index in [0.29, 0.717) is 5.41 Å². The molecule has 5 rings (SSSR count). The Bertz CT molecular complexity index is 700. The van der Waals surface area contributed by atoms with E-state index in [0.717, 1.165) is 37.8 Å². The molecule has 5 nitrogen and oxygen atoms in total. The van der Waals surface area contributed by atoms with Crippen molar-refractivity contribution in [1.82, 2.24) is 4.90 Å². The highest BCUT2D eigenvalue weighted by Gasteiger charge is 2.38. The van der Waals surface area contributed by atoms with E-state index in [1.165, 1.54) is 58.0 Å². The number of ether oxygens (including phenoxy) is 1. The van der Waals surface area contributed by atoms with Crippen LogP contribution < -0.4 is 5.32 Å². The third-order valence-corrected chi connectivity index (χ3v) is 7.67. The van der Waals surface area contributed by atoms with Gasteiger partial charge >= 0.3 is 5.97 Å². The van der Waals surface area contributed by atoms with Gasteiger partial charge in [-0.2, -0.15) is 0 Å². The number of hydrogen-bond donors (Lipinski definition) is 1. The van der Waals surface area contributed by atoms with Gasteiger partial charge in [-0.25, -0.2) is 0 Å². The first-order valence-corrected chi connectivity index (χ1v) is 11.3. The molecule has 1 aromatic carbocycles. The second-order valence-corrected chi connectivity index (χ2v) is 9.35. The minimum Gasteiger partial charge on any atom is -0.469 e. The van der Waals surface area contributed by atoms with Crippen LogP contribution >= 0.6 is 0 Å². The van der Waals surface area contributed by atoms with Gasteiger partial charge in [-0.05, 0) is 101 Å². The van der Waals surface area contributed by atoms with Gasteiger partial charge in [0.25, 0.3) is 0 Å². The molecular weight excluding hydrogens is 364 g/mol. The van der Waals surface area contributed by atoms with Gasteiger partial charge in [0.1, 0.15) is 0 Å². The van der Waals surface area contributed by atoms with E-state index in [4.69, 9.17) is 4.74 Å². The van der Waals surface area contributed by atoms with E-state index in [-0.39, 0.29) is 23.7 Å². The van der Waals surface area contributed by atoms with Gasteiger partial charge in [-0.3, -0.25) is 9.59 Å². The number of amides is 1. The van der Waals surface area contributed by atoms with Crippen LogP contribution in [-0.4, -0.2) is 43.5 Å². The summed E-state index contributed by atoms with van der Waals surface area (Å²) in [6, 6.07) is 8.40. The number of carbonyl (C=O) groups excluding carboxylic acids is 2. The standard InChI is InChI=1S/C24H34N2O3/c1-29-23(28)20-6-4-19(5-7-20)22(27)25-21-8-2-18(3-9-21)10-11-24-12-15-26(16-13-24)17-14-24/h2-3,8-9,19-20H,4-7,10-17H2,1H3,(H,25,27). The van der Waals surface area contributed by atoms with E-state index < -0.39 is 0 Å². The van der Waals surface area contributed by atoms with Crippen molar-refractivity contribution in [2.45, 2.75) is 57.8 Å². The van der Waals surface area contributed by atoms with E-state index in [1.807, 2.05) is 12.1 Å². The average molecular weight is 399 g/mol. The van der Waals surface area contributed by atoms with Crippen LogP contribution in [0.5, 0.6) is 0 Å². The summed E-state index contributed by atoms with van der Waals surface area (Å²) in [6.07, 6.45) is 9.48. The summed E-state index contributed by atoms with van der Waals surface area (Å²) in [5.41, 5.74) is 2.81. The van der Waals surface area contributed by atoms with Gasteiger partial charge < -0.3 is 15.0 Å². The molecule has 1 aromatic rings. The molecule has 4 fully saturated rings. The molecule has 1 saturated carbocycles. The minimum absolute atomic E-state index is 0.00755. The summed E-state index contributed by atoms with van der Waals surface area (Å²) in [4.78, 5) is 26.8. The number of esters is 1. The van der Waals surface area contributed by atoms with Crippen LogP contribution in [0.1, 0.15) is 56.9 Å². The Kier molecular flexibility index (Phi) is 6.23. The van der Waals surface area contributed by atoms with Crippen LogP contribution in [0.25, 0.3) is 0 Å². The van der Waals surface area contributed by atoms with Crippen molar-refractivity contribution in [3.05, 3.63) is 29.8 Å². The Morgan fingerprint density at radius 3 is 2.17 bits per heavy atom. The average Bonchev–Trinajstić information content (AvgIpc) is 2.79. The summed E-state index contributed by atoms with van der Waals surface area (Å²) in [7, 11) is 1.43. The zero-order valence-electron chi connectivity index (χ0n) is 17.6. The molecular formula is C24H34N2O3. The molecule has 2 bridgehead atoms. The molecule has 0 aromatic heterocycles. The molecule has 0 unspecified atom stereocenters. The van der Waals surface area contributed by atoms with Gasteiger partial charge in [0.15, 0.2) is 0 Å². The lowest BCUT2D eigenvalue weighted by atomic mass is 9.69. The Morgan fingerprint density at radius 2 is 1.59 bits per heavy atom. The fourth-order valence-electron chi connectivity index (χ4n) is 5.44. The number of nitrogens with one attached hydrogen (secondary N) is 1. The molecule has 0 spiro atoms. The third kappa shape index (κ3) is 4.82. The normalized spacial score (nSPS) is 31.3. The second kappa shape index (κ2) is 8.86. The van der Waals surface area contributed by atoms with E-state index in [1.54, 1.807) is 0 Å². The number of nitrogens with zero attached hydrogens (tertiary/aromatic N) is 1. The lowest BCUT2D eigenvalue weighted by molar-refractivity contribution is -0.147. The van der Waals surface area contributed by atoms with Crippen LogP contribution in [0, 0.1) is 17.3 Å². The summed E-state index contributed by atoms with van der Waals surface area (Å²) in [5, 5.41) is 3.07. The van der Waals surface area contributed by atoms with Crippen molar-refractivity contribution in [3.63, 3.8) is 0 Å². The van der Waals surface area contributed by atoms with Gasteiger partial charge in [0, 0.05) is 11.6 Å². The molecule has 1 amide bonds. The third-order valence-electron chi connectivity index (χ3n) is 7.67. The number of aryl methyl sites for hydroxylation is 1. The molecule has 3 saturated heterocycles. The number of methoxy groups -OCH3 is 1. The summed E-state index contributed by atoms with van der Waals surface area (Å²) in [6.45, 7) is 3.85. The first kappa shape index (κ1) is 20.4. The van der Waals surface area contributed by atoms with Gasteiger partial charge in [-0.1, -0.05) is 12.1 Å². The molecule has 29 heavy (non-hydrogen) atoms. The van der Waals surface area contributed by atoms with Crippen LogP contribution in [0.15, 0.2) is 24.3 Å². The first-order chi connectivity index (χ1) is 14.1. The highest BCUT2D eigenvalue weighted by molar-refractivity contribution is 5.92. The molecule has 3 heterocycles. The largest absolute Gasteiger partial charge is 0.469 e. The van der Waals surface area contributed by atoms with E-state index >= 15 is 0 Å². The number of benzene rings is 1.